The molecule has 1 unspecified atom stereocenters. The van der Waals surface area contributed by atoms with Gasteiger partial charge in [-0.15, -0.1) is 0 Å². The number of hydrogen-bond acceptors (Lipinski definition) is 3. The summed E-state index contributed by atoms with van der Waals surface area (Å²) in [6.07, 6.45) is 3.00. The van der Waals surface area contributed by atoms with Crippen LogP contribution in [0.4, 0.5) is 0 Å². The van der Waals surface area contributed by atoms with Gasteiger partial charge >= 0.3 is 0 Å². The Hall–Kier alpha value is -0.160. The molecule has 0 bridgehead atoms. The lowest BCUT2D eigenvalue weighted by Crippen LogP contribution is -2.22. The van der Waals surface area contributed by atoms with Gasteiger partial charge < -0.3 is 4.74 Å². The van der Waals surface area contributed by atoms with Crippen molar-refractivity contribution in [1.82, 2.24) is 9.88 Å². The number of hydrogen-bond donors (Lipinski definition) is 0. The van der Waals surface area contributed by atoms with Crippen LogP contribution in [-0.2, 0) is 11.3 Å². The first-order chi connectivity index (χ1) is 8.69. The molecular formula is C13H18BrClN2O. The van der Waals surface area contributed by atoms with Crippen LogP contribution in [0.1, 0.15) is 19.0 Å². The van der Waals surface area contributed by atoms with Gasteiger partial charge in [0, 0.05) is 30.4 Å². The van der Waals surface area contributed by atoms with Crippen molar-refractivity contribution in [3.05, 3.63) is 27.5 Å². The zero-order valence-corrected chi connectivity index (χ0v) is 12.9. The van der Waals surface area contributed by atoms with Crippen molar-refractivity contribution in [3.63, 3.8) is 0 Å². The van der Waals surface area contributed by atoms with Gasteiger partial charge in [-0.1, -0.05) is 11.6 Å². The quantitative estimate of drug-likeness (QED) is 0.826. The second kappa shape index (κ2) is 6.85. The monoisotopic (exact) mass is 332 g/mol. The maximum absolute atomic E-state index is 6.18. The lowest BCUT2D eigenvalue weighted by atomic mass is 10.1. The summed E-state index contributed by atoms with van der Waals surface area (Å²) in [6.45, 7) is 6.72. The SMILES string of the molecule is CCOCC1CCN(Cc2ncc(Br)cc2Cl)C1. The largest absolute Gasteiger partial charge is 0.381 e. The lowest BCUT2D eigenvalue weighted by Gasteiger charge is -2.16. The van der Waals surface area contributed by atoms with Gasteiger partial charge in [0.1, 0.15) is 0 Å². The fraction of sp³-hybridized carbons (Fsp3) is 0.615. The number of nitrogens with zero attached hydrogens (tertiary/aromatic N) is 2. The summed E-state index contributed by atoms with van der Waals surface area (Å²) >= 11 is 9.55. The molecule has 3 nitrogen and oxygen atoms in total. The topological polar surface area (TPSA) is 25.4 Å². The molecule has 1 aromatic heterocycles. The summed E-state index contributed by atoms with van der Waals surface area (Å²) in [5.41, 5.74) is 0.955. The average Bonchev–Trinajstić information content (AvgIpc) is 2.78. The third-order valence-corrected chi connectivity index (χ3v) is 3.95. The van der Waals surface area contributed by atoms with Gasteiger partial charge in [-0.2, -0.15) is 0 Å². The minimum atomic E-state index is 0.652. The molecule has 1 aliphatic rings. The summed E-state index contributed by atoms with van der Waals surface area (Å²) < 4.78 is 6.40. The van der Waals surface area contributed by atoms with Gasteiger partial charge in [0.25, 0.3) is 0 Å². The standard InChI is InChI=1S/C13H18BrClN2O/c1-2-18-9-10-3-4-17(7-10)8-13-12(15)5-11(14)6-16-13/h5-6,10H,2-4,7-9H2,1H3. The van der Waals surface area contributed by atoms with Crippen LogP contribution in [0.3, 0.4) is 0 Å². The highest BCUT2D eigenvalue weighted by atomic mass is 79.9. The van der Waals surface area contributed by atoms with E-state index in [-0.39, 0.29) is 0 Å². The number of ether oxygens (including phenoxy) is 1. The Labute approximate surface area is 122 Å². The molecule has 0 spiro atoms. The van der Waals surface area contributed by atoms with Crippen molar-refractivity contribution in [3.8, 4) is 0 Å². The number of likely N-dealkylation sites (tertiary alicyclic amines) is 1. The average molecular weight is 334 g/mol. The molecular weight excluding hydrogens is 316 g/mol. The number of pyridine rings is 1. The molecule has 1 fully saturated rings. The fourth-order valence-corrected chi connectivity index (χ4v) is 2.94. The maximum atomic E-state index is 6.18. The van der Waals surface area contributed by atoms with Crippen LogP contribution in [0.2, 0.25) is 5.02 Å². The lowest BCUT2D eigenvalue weighted by molar-refractivity contribution is 0.111. The number of halogens is 2. The third-order valence-electron chi connectivity index (χ3n) is 3.19. The van der Waals surface area contributed by atoms with Crippen LogP contribution >= 0.6 is 27.5 Å². The molecule has 18 heavy (non-hydrogen) atoms. The molecule has 2 heterocycles. The second-order valence-corrected chi connectivity index (χ2v) is 5.95. The summed E-state index contributed by atoms with van der Waals surface area (Å²) in [5, 5.41) is 0.734. The first-order valence-electron chi connectivity index (χ1n) is 6.29. The van der Waals surface area contributed by atoms with Crippen molar-refractivity contribution in [2.24, 2.45) is 5.92 Å². The van der Waals surface area contributed by atoms with Crippen LogP contribution in [-0.4, -0.2) is 36.2 Å². The Morgan fingerprint density at radius 2 is 2.44 bits per heavy atom. The zero-order valence-electron chi connectivity index (χ0n) is 10.5. The second-order valence-electron chi connectivity index (χ2n) is 4.63. The van der Waals surface area contributed by atoms with E-state index in [1.54, 1.807) is 6.20 Å². The van der Waals surface area contributed by atoms with E-state index < -0.39 is 0 Å². The van der Waals surface area contributed by atoms with Crippen molar-refractivity contribution in [2.75, 3.05) is 26.3 Å². The summed E-state index contributed by atoms with van der Waals surface area (Å²) in [6, 6.07) is 1.90. The number of rotatable bonds is 5. The van der Waals surface area contributed by atoms with Gasteiger partial charge in [0.05, 0.1) is 17.3 Å². The van der Waals surface area contributed by atoms with Crippen LogP contribution in [0, 0.1) is 5.92 Å². The normalized spacial score (nSPS) is 20.5. The first kappa shape index (κ1) is 14.3. The minimum absolute atomic E-state index is 0.652. The highest BCUT2D eigenvalue weighted by molar-refractivity contribution is 9.10. The van der Waals surface area contributed by atoms with E-state index in [1.165, 1.54) is 6.42 Å². The van der Waals surface area contributed by atoms with Gasteiger partial charge in [0.2, 0.25) is 0 Å². The minimum Gasteiger partial charge on any atom is -0.381 e. The van der Waals surface area contributed by atoms with E-state index in [0.29, 0.717) is 5.92 Å². The molecule has 0 amide bonds. The molecule has 0 N–H and O–H groups in total. The molecule has 1 saturated heterocycles. The van der Waals surface area contributed by atoms with Crippen molar-refractivity contribution < 1.29 is 4.74 Å². The Morgan fingerprint density at radius 3 is 3.17 bits per heavy atom. The Kier molecular flexibility index (Phi) is 5.42. The van der Waals surface area contributed by atoms with Gasteiger partial charge in [0.15, 0.2) is 0 Å². The molecule has 1 atom stereocenters. The summed E-state index contributed by atoms with van der Waals surface area (Å²) in [7, 11) is 0. The third kappa shape index (κ3) is 3.92. The van der Waals surface area contributed by atoms with Crippen LogP contribution in [0.25, 0.3) is 0 Å². The molecule has 2 rings (SSSR count). The Morgan fingerprint density at radius 1 is 1.61 bits per heavy atom. The predicted octanol–water partition coefficient (Wildman–Crippen LogP) is 3.36. The highest BCUT2D eigenvalue weighted by Gasteiger charge is 2.23. The van der Waals surface area contributed by atoms with E-state index in [0.717, 1.165) is 48.0 Å². The van der Waals surface area contributed by atoms with Gasteiger partial charge in [-0.05, 0) is 47.8 Å². The molecule has 0 saturated carbocycles. The highest BCUT2D eigenvalue weighted by Crippen LogP contribution is 2.23. The predicted molar refractivity (Wildman–Crippen MR) is 76.8 cm³/mol. The molecule has 0 aliphatic carbocycles. The first-order valence-corrected chi connectivity index (χ1v) is 7.46. The fourth-order valence-electron chi connectivity index (χ4n) is 2.25. The molecule has 100 valence electrons. The molecule has 0 radical (unpaired) electrons. The summed E-state index contributed by atoms with van der Waals surface area (Å²) in [5.74, 6) is 0.652. The molecule has 1 aromatic rings. The van der Waals surface area contributed by atoms with Gasteiger partial charge in [-0.3, -0.25) is 9.88 Å². The van der Waals surface area contributed by atoms with Crippen molar-refractivity contribution in [1.29, 1.82) is 0 Å². The van der Waals surface area contributed by atoms with E-state index in [4.69, 9.17) is 16.3 Å². The molecule has 5 heteroatoms. The van der Waals surface area contributed by atoms with Crippen molar-refractivity contribution in [2.45, 2.75) is 19.9 Å². The van der Waals surface area contributed by atoms with Crippen molar-refractivity contribution >= 4 is 27.5 Å². The van der Waals surface area contributed by atoms with E-state index in [9.17, 15) is 0 Å². The Bertz CT molecular complexity index is 403. The van der Waals surface area contributed by atoms with E-state index in [1.807, 2.05) is 13.0 Å². The molecule has 0 aromatic carbocycles. The van der Waals surface area contributed by atoms with E-state index >= 15 is 0 Å². The maximum Gasteiger partial charge on any atom is 0.0730 e. The summed E-state index contributed by atoms with van der Waals surface area (Å²) in [4.78, 5) is 6.77. The Balaban J connectivity index is 1.87. The zero-order chi connectivity index (χ0) is 13.0. The molecule has 1 aliphatic heterocycles. The van der Waals surface area contributed by atoms with Gasteiger partial charge in [-0.25, -0.2) is 0 Å². The smallest absolute Gasteiger partial charge is 0.0730 e. The number of aromatic nitrogens is 1. The van der Waals surface area contributed by atoms with Crippen LogP contribution in [0.5, 0.6) is 0 Å². The van der Waals surface area contributed by atoms with Crippen LogP contribution in [0.15, 0.2) is 16.7 Å². The van der Waals surface area contributed by atoms with Crippen LogP contribution < -0.4 is 0 Å². The van der Waals surface area contributed by atoms with E-state index in [2.05, 4.69) is 25.8 Å².